The summed E-state index contributed by atoms with van der Waals surface area (Å²) in [6, 6.07) is -9.27. The van der Waals surface area contributed by atoms with Crippen molar-refractivity contribution in [1.82, 2.24) is 41.9 Å². The second-order valence-corrected chi connectivity index (χ2v) is 12.8. The highest BCUT2D eigenvalue weighted by atomic mass is 16.4. The van der Waals surface area contributed by atoms with E-state index in [1.807, 2.05) is 0 Å². The van der Waals surface area contributed by atoms with Crippen LogP contribution < -0.4 is 49.1 Å². The Morgan fingerprint density at radius 3 is 1.58 bits per heavy atom. The first kappa shape index (κ1) is 46.3. The summed E-state index contributed by atoms with van der Waals surface area (Å²) < 4.78 is 0. The highest BCUT2D eigenvalue weighted by Crippen LogP contribution is 2.07. The van der Waals surface area contributed by atoms with Crippen LogP contribution in [0, 0.1) is 0 Å². The lowest BCUT2D eigenvalue weighted by Gasteiger charge is -2.28. The molecule has 0 aliphatic heterocycles. The largest absolute Gasteiger partial charge is 0.480 e. The number of carbonyl (C=O) groups excluding carboxylic acids is 6. The van der Waals surface area contributed by atoms with Gasteiger partial charge in [-0.15, -0.1) is 0 Å². The molecule has 300 valence electrons. The molecule has 0 spiro atoms. The number of aliphatic carboxylic acids is 1. The molecule has 53 heavy (non-hydrogen) atoms. The van der Waals surface area contributed by atoms with Crippen LogP contribution in [0.15, 0.2) is 12.5 Å². The van der Waals surface area contributed by atoms with E-state index in [0.29, 0.717) is 37.9 Å². The second kappa shape index (κ2) is 23.8. The maximum Gasteiger partial charge on any atom is 0.326 e. The smallest absolute Gasteiger partial charge is 0.326 e. The molecular weight excluding hydrogens is 698 g/mol. The van der Waals surface area contributed by atoms with Crippen LogP contribution >= 0.6 is 0 Å². The van der Waals surface area contributed by atoms with Crippen LogP contribution in [0.1, 0.15) is 71.9 Å². The number of hydrogen-bond donors (Lipinski definition) is 13. The number of rotatable bonds is 25. The van der Waals surface area contributed by atoms with Crippen molar-refractivity contribution in [1.29, 1.82) is 0 Å². The Morgan fingerprint density at radius 1 is 0.660 bits per heavy atom. The van der Waals surface area contributed by atoms with E-state index in [0.717, 1.165) is 0 Å². The maximum atomic E-state index is 13.5. The molecule has 16 N–H and O–H groups in total. The van der Waals surface area contributed by atoms with Crippen molar-refractivity contribution in [2.75, 3.05) is 13.1 Å². The number of carbonyl (C=O) groups is 7. The molecule has 1 heterocycles. The fraction of sp³-hybridized carbons (Fsp3) is 0.688. The summed E-state index contributed by atoms with van der Waals surface area (Å²) in [6.07, 6.45) is 1.95. The molecule has 1 aromatic heterocycles. The zero-order valence-corrected chi connectivity index (χ0v) is 30.6. The molecule has 0 aromatic carbocycles. The van der Waals surface area contributed by atoms with E-state index in [1.165, 1.54) is 40.2 Å². The molecule has 0 aliphatic carbocycles. The van der Waals surface area contributed by atoms with Crippen molar-refractivity contribution in [3.8, 4) is 0 Å². The number of nitrogens with one attached hydrogen (secondary N) is 7. The topological polar surface area (TPSA) is 359 Å². The van der Waals surface area contributed by atoms with Gasteiger partial charge in [0.2, 0.25) is 35.4 Å². The number of aliphatic hydroxyl groups excluding tert-OH is 2. The number of carboxylic acids is 1. The van der Waals surface area contributed by atoms with Crippen LogP contribution in [0.2, 0.25) is 0 Å². The molecule has 0 saturated heterocycles. The van der Waals surface area contributed by atoms with E-state index in [9.17, 15) is 48.9 Å². The normalized spacial score (nSPS) is 16.2. The van der Waals surface area contributed by atoms with Crippen LogP contribution in [-0.2, 0) is 40.0 Å². The van der Waals surface area contributed by atoms with Gasteiger partial charge in [-0.05, 0) is 79.3 Å². The van der Waals surface area contributed by atoms with E-state index in [1.54, 1.807) is 0 Å². The molecule has 0 saturated carbocycles. The molecule has 6 amide bonds. The highest BCUT2D eigenvalue weighted by Gasteiger charge is 2.35. The van der Waals surface area contributed by atoms with Gasteiger partial charge in [0.25, 0.3) is 0 Å². The van der Waals surface area contributed by atoms with Gasteiger partial charge in [-0.25, -0.2) is 9.78 Å². The van der Waals surface area contributed by atoms with Gasteiger partial charge < -0.3 is 69.4 Å². The molecule has 21 nitrogen and oxygen atoms in total. The zero-order chi connectivity index (χ0) is 40.2. The van der Waals surface area contributed by atoms with Crippen molar-refractivity contribution < 1.29 is 48.9 Å². The van der Waals surface area contributed by atoms with Gasteiger partial charge in [-0.1, -0.05) is 0 Å². The second-order valence-electron chi connectivity index (χ2n) is 12.8. The minimum absolute atomic E-state index is 0.00359. The first-order chi connectivity index (χ1) is 24.9. The number of carboxylic acid groups (broad SMARTS) is 1. The Bertz CT molecular complexity index is 1350. The van der Waals surface area contributed by atoms with Gasteiger partial charge in [0.1, 0.15) is 36.3 Å². The monoisotopic (exact) mass is 755 g/mol. The summed E-state index contributed by atoms with van der Waals surface area (Å²) in [5, 5.41) is 44.5. The first-order valence-corrected chi connectivity index (χ1v) is 17.5. The molecule has 21 heteroatoms. The van der Waals surface area contributed by atoms with Gasteiger partial charge in [0.15, 0.2) is 0 Å². The number of H-pyrrole nitrogens is 1. The third-order valence-corrected chi connectivity index (χ3v) is 8.10. The lowest BCUT2D eigenvalue weighted by Crippen LogP contribution is -2.62. The minimum atomic E-state index is -1.62. The van der Waals surface area contributed by atoms with Crippen molar-refractivity contribution in [3.63, 3.8) is 0 Å². The van der Waals surface area contributed by atoms with Crippen LogP contribution in [0.3, 0.4) is 0 Å². The molecule has 0 radical (unpaired) electrons. The lowest BCUT2D eigenvalue weighted by molar-refractivity contribution is -0.142. The van der Waals surface area contributed by atoms with Gasteiger partial charge in [-0.2, -0.15) is 0 Å². The Hall–Kier alpha value is -4.70. The minimum Gasteiger partial charge on any atom is -0.480 e. The van der Waals surface area contributed by atoms with Gasteiger partial charge in [0, 0.05) is 18.3 Å². The van der Waals surface area contributed by atoms with E-state index in [4.69, 9.17) is 17.2 Å². The summed E-state index contributed by atoms with van der Waals surface area (Å²) in [5.74, 6) is -6.46. The number of nitrogens with zero attached hydrogens (tertiary/aromatic N) is 1. The van der Waals surface area contributed by atoms with Gasteiger partial charge in [0.05, 0.1) is 24.6 Å². The summed E-state index contributed by atoms with van der Waals surface area (Å²) in [7, 11) is 0. The van der Waals surface area contributed by atoms with Crippen LogP contribution in [-0.4, -0.2) is 134 Å². The molecule has 0 unspecified atom stereocenters. The average molecular weight is 756 g/mol. The number of aromatic amines is 1. The molecule has 1 rings (SSSR count). The summed E-state index contributed by atoms with van der Waals surface area (Å²) >= 11 is 0. The lowest BCUT2D eigenvalue weighted by atomic mass is 10.0. The van der Waals surface area contributed by atoms with Crippen LogP contribution in [0.4, 0.5) is 0 Å². The number of nitrogens with two attached hydrogens (primary N) is 3. The van der Waals surface area contributed by atoms with E-state index in [-0.39, 0.29) is 25.8 Å². The third kappa shape index (κ3) is 16.7. The van der Waals surface area contributed by atoms with E-state index >= 15 is 0 Å². The fourth-order valence-corrected chi connectivity index (χ4v) is 4.89. The van der Waals surface area contributed by atoms with Crippen LogP contribution in [0.5, 0.6) is 0 Å². The van der Waals surface area contributed by atoms with Crippen molar-refractivity contribution in [2.24, 2.45) is 17.2 Å². The van der Waals surface area contributed by atoms with Gasteiger partial charge in [-0.3, -0.25) is 28.8 Å². The maximum absolute atomic E-state index is 13.5. The summed E-state index contributed by atoms with van der Waals surface area (Å²) in [6.45, 7) is 5.67. The molecule has 9 atom stereocenters. The average Bonchev–Trinajstić information content (AvgIpc) is 3.60. The number of aromatic nitrogens is 2. The molecule has 1 aromatic rings. The fourth-order valence-electron chi connectivity index (χ4n) is 4.89. The molecule has 0 aliphatic rings. The summed E-state index contributed by atoms with van der Waals surface area (Å²) in [4.78, 5) is 96.4. The highest BCUT2D eigenvalue weighted by molar-refractivity contribution is 5.97. The Labute approximate surface area is 307 Å². The predicted octanol–water partition coefficient (Wildman–Crippen LogP) is -4.67. The molecule has 0 bridgehead atoms. The Balaban J connectivity index is 2.99. The SMILES string of the molecule is C[C@H](NC(=O)[C@@H](NC(=O)[C@H](CCCCN)NC(=O)[C@@H](NC(=O)[C@H](C)NC(=O)[C@@H](N)Cc1cnc[nH]1)[C@@H](C)O)[C@@H](C)O)C(=O)N[C@@H](CCCCN)C(=O)O. The summed E-state index contributed by atoms with van der Waals surface area (Å²) in [5.41, 5.74) is 17.5. The van der Waals surface area contributed by atoms with Crippen molar-refractivity contribution >= 4 is 41.4 Å². The Morgan fingerprint density at radius 2 is 1.11 bits per heavy atom. The number of hydrogen-bond acceptors (Lipinski definition) is 13. The van der Waals surface area contributed by atoms with Crippen LogP contribution in [0.25, 0.3) is 0 Å². The number of amides is 6. The number of unbranched alkanes of at least 4 members (excludes halogenated alkanes) is 2. The van der Waals surface area contributed by atoms with E-state index in [2.05, 4.69) is 41.9 Å². The van der Waals surface area contributed by atoms with Crippen molar-refractivity contribution in [2.45, 2.75) is 127 Å². The zero-order valence-electron chi connectivity index (χ0n) is 30.6. The quantitative estimate of drug-likeness (QED) is 0.0418. The standard InChI is InChI=1S/C32H57N11O10/c1-16(26(46)41-23(32(52)53)10-6-8-12-34)39-30(50)24(18(3)44)43-29(49)22(9-5-7-11-33)40-31(51)25(19(4)45)42-27(47)17(2)38-28(48)21(35)13-20-14-36-15-37-20/h14-19,21-25,44-45H,5-13,33-35H2,1-4H3,(H,36,37)(H,38,48)(H,39,50)(H,40,51)(H,41,46)(H,42,47)(H,43,49)(H,52,53)/t16-,17-,18+,19+,21-,22-,23-,24-,25-/m0/s1. The predicted molar refractivity (Wildman–Crippen MR) is 190 cm³/mol. The third-order valence-electron chi connectivity index (χ3n) is 8.10. The number of aliphatic hydroxyl groups is 2. The molecular formula is C32H57N11O10. The molecule has 0 fully saturated rings. The van der Waals surface area contributed by atoms with Gasteiger partial charge >= 0.3 is 5.97 Å². The van der Waals surface area contributed by atoms with E-state index < -0.39 is 95.9 Å². The first-order valence-electron chi connectivity index (χ1n) is 17.5. The Kier molecular flexibility index (Phi) is 20.8. The number of imidazole rings is 1. The van der Waals surface area contributed by atoms with Crippen molar-refractivity contribution in [3.05, 3.63) is 18.2 Å².